The molecular formula is C15H22N2O3S. The minimum atomic E-state index is -0.503. The minimum absolute atomic E-state index is 0.123. The molecule has 0 aliphatic heterocycles. The zero-order valence-corrected chi connectivity index (χ0v) is 13.4. The first-order valence-corrected chi connectivity index (χ1v) is 8.12. The molecular weight excluding hydrogens is 288 g/mol. The number of aromatic hydroxyl groups is 1. The number of nitrogens with zero attached hydrogens (tertiary/aromatic N) is 1. The number of benzene rings is 1. The number of carbonyl (C=O) groups is 2. The summed E-state index contributed by atoms with van der Waals surface area (Å²) < 4.78 is 0. The molecule has 0 aromatic heterocycles. The monoisotopic (exact) mass is 310 g/mol. The number of amides is 2. The molecule has 1 rings (SSSR count). The van der Waals surface area contributed by atoms with E-state index in [1.165, 1.54) is 6.92 Å². The first kappa shape index (κ1) is 17.4. The predicted octanol–water partition coefficient (Wildman–Crippen LogP) is 1.61. The molecule has 0 unspecified atom stereocenters. The molecule has 116 valence electrons. The SMILES string of the molecule is CSCC[C@H](NC(C)=O)C(=O)N(C)Cc1cccc(O)c1. The van der Waals surface area contributed by atoms with Crippen molar-refractivity contribution in [1.82, 2.24) is 10.2 Å². The van der Waals surface area contributed by atoms with Crippen molar-refractivity contribution in [2.45, 2.75) is 25.9 Å². The average Bonchev–Trinajstić information content (AvgIpc) is 2.42. The van der Waals surface area contributed by atoms with Gasteiger partial charge in [0.15, 0.2) is 0 Å². The van der Waals surface area contributed by atoms with E-state index in [1.807, 2.05) is 12.3 Å². The summed E-state index contributed by atoms with van der Waals surface area (Å²) in [6.07, 6.45) is 2.57. The van der Waals surface area contributed by atoms with Crippen molar-refractivity contribution in [3.05, 3.63) is 29.8 Å². The Morgan fingerprint density at radius 1 is 1.43 bits per heavy atom. The van der Waals surface area contributed by atoms with Crippen LogP contribution in [-0.2, 0) is 16.1 Å². The van der Waals surface area contributed by atoms with Gasteiger partial charge in [-0.2, -0.15) is 11.8 Å². The summed E-state index contributed by atoms with van der Waals surface area (Å²) in [4.78, 5) is 25.2. The maximum absolute atomic E-state index is 12.4. The Morgan fingerprint density at radius 2 is 2.14 bits per heavy atom. The van der Waals surface area contributed by atoms with Crippen molar-refractivity contribution >= 4 is 23.6 Å². The highest BCUT2D eigenvalue weighted by atomic mass is 32.2. The lowest BCUT2D eigenvalue weighted by Crippen LogP contribution is -2.46. The van der Waals surface area contributed by atoms with Gasteiger partial charge >= 0.3 is 0 Å². The molecule has 0 aliphatic carbocycles. The molecule has 5 nitrogen and oxygen atoms in total. The second-order valence-electron chi connectivity index (χ2n) is 4.90. The lowest BCUT2D eigenvalue weighted by Gasteiger charge is -2.24. The van der Waals surface area contributed by atoms with Crippen LogP contribution in [0.4, 0.5) is 0 Å². The van der Waals surface area contributed by atoms with Gasteiger partial charge in [0.1, 0.15) is 11.8 Å². The highest BCUT2D eigenvalue weighted by molar-refractivity contribution is 7.98. The summed E-state index contributed by atoms with van der Waals surface area (Å²) in [5, 5.41) is 12.1. The van der Waals surface area contributed by atoms with Gasteiger partial charge in [-0.15, -0.1) is 0 Å². The molecule has 0 radical (unpaired) electrons. The first-order valence-electron chi connectivity index (χ1n) is 6.73. The van der Waals surface area contributed by atoms with Crippen LogP contribution in [0.3, 0.4) is 0 Å². The van der Waals surface area contributed by atoms with E-state index in [2.05, 4.69) is 5.32 Å². The third kappa shape index (κ3) is 6.08. The van der Waals surface area contributed by atoms with E-state index < -0.39 is 6.04 Å². The summed E-state index contributed by atoms with van der Waals surface area (Å²) in [5.41, 5.74) is 0.845. The Morgan fingerprint density at radius 3 is 2.71 bits per heavy atom. The second-order valence-corrected chi connectivity index (χ2v) is 5.88. The number of hydrogen-bond donors (Lipinski definition) is 2. The van der Waals surface area contributed by atoms with E-state index in [-0.39, 0.29) is 17.6 Å². The Hall–Kier alpha value is -1.69. The van der Waals surface area contributed by atoms with Gasteiger partial charge in [-0.1, -0.05) is 12.1 Å². The molecule has 2 amide bonds. The van der Waals surface area contributed by atoms with Crippen LogP contribution in [0.25, 0.3) is 0 Å². The zero-order valence-electron chi connectivity index (χ0n) is 12.6. The van der Waals surface area contributed by atoms with Crippen molar-refractivity contribution in [2.24, 2.45) is 0 Å². The van der Waals surface area contributed by atoms with E-state index >= 15 is 0 Å². The van der Waals surface area contributed by atoms with Crippen LogP contribution in [0.1, 0.15) is 18.9 Å². The summed E-state index contributed by atoms with van der Waals surface area (Å²) in [6.45, 7) is 1.80. The molecule has 0 saturated carbocycles. The van der Waals surface area contributed by atoms with Crippen molar-refractivity contribution < 1.29 is 14.7 Å². The number of carbonyl (C=O) groups excluding carboxylic acids is 2. The van der Waals surface area contributed by atoms with Crippen LogP contribution in [0, 0.1) is 0 Å². The Labute approximate surface area is 129 Å². The molecule has 2 N–H and O–H groups in total. The predicted molar refractivity (Wildman–Crippen MR) is 85.2 cm³/mol. The largest absolute Gasteiger partial charge is 0.508 e. The quantitative estimate of drug-likeness (QED) is 0.803. The Kier molecular flexibility index (Phi) is 7.08. The van der Waals surface area contributed by atoms with Gasteiger partial charge in [0, 0.05) is 20.5 Å². The smallest absolute Gasteiger partial charge is 0.245 e. The fourth-order valence-electron chi connectivity index (χ4n) is 2.01. The normalized spacial score (nSPS) is 11.8. The van der Waals surface area contributed by atoms with Crippen LogP contribution in [-0.4, -0.2) is 46.9 Å². The van der Waals surface area contributed by atoms with Gasteiger partial charge < -0.3 is 15.3 Å². The number of thioether (sulfide) groups is 1. The van der Waals surface area contributed by atoms with Crippen LogP contribution < -0.4 is 5.32 Å². The van der Waals surface area contributed by atoms with Gasteiger partial charge in [-0.3, -0.25) is 9.59 Å². The summed E-state index contributed by atoms with van der Waals surface area (Å²) in [7, 11) is 1.69. The van der Waals surface area contributed by atoms with Gasteiger partial charge in [0.05, 0.1) is 0 Å². The summed E-state index contributed by atoms with van der Waals surface area (Å²) in [5.74, 6) is 0.647. The van der Waals surface area contributed by atoms with E-state index in [1.54, 1.807) is 41.9 Å². The maximum Gasteiger partial charge on any atom is 0.245 e. The Balaban J connectivity index is 2.70. The fraction of sp³-hybridized carbons (Fsp3) is 0.467. The standard InChI is InChI=1S/C15H22N2O3S/c1-11(18)16-14(7-8-21-3)15(20)17(2)10-12-5-4-6-13(19)9-12/h4-6,9,14,19H,7-8,10H2,1-3H3,(H,16,18)/t14-/m0/s1. The highest BCUT2D eigenvalue weighted by Gasteiger charge is 2.22. The second kappa shape index (κ2) is 8.56. The number of likely N-dealkylation sites (N-methyl/N-ethyl adjacent to an activating group) is 1. The molecule has 0 fully saturated rings. The van der Waals surface area contributed by atoms with E-state index in [0.717, 1.165) is 11.3 Å². The van der Waals surface area contributed by atoms with Gasteiger partial charge in [-0.25, -0.2) is 0 Å². The fourth-order valence-corrected chi connectivity index (χ4v) is 2.48. The lowest BCUT2D eigenvalue weighted by atomic mass is 10.1. The van der Waals surface area contributed by atoms with Crippen molar-refractivity contribution in [2.75, 3.05) is 19.1 Å². The maximum atomic E-state index is 12.4. The molecule has 0 aliphatic rings. The van der Waals surface area contributed by atoms with Crippen LogP contribution >= 0.6 is 11.8 Å². The number of phenols is 1. The average molecular weight is 310 g/mol. The zero-order chi connectivity index (χ0) is 15.8. The molecule has 0 bridgehead atoms. The molecule has 1 aromatic carbocycles. The van der Waals surface area contributed by atoms with Gasteiger partial charge in [-0.05, 0) is 36.1 Å². The number of nitrogens with one attached hydrogen (secondary N) is 1. The lowest BCUT2D eigenvalue weighted by molar-refractivity contribution is -0.135. The summed E-state index contributed by atoms with van der Waals surface area (Å²) in [6, 6.07) is 6.29. The van der Waals surface area contributed by atoms with Gasteiger partial charge in [0.25, 0.3) is 0 Å². The summed E-state index contributed by atoms with van der Waals surface area (Å²) >= 11 is 1.64. The first-order chi connectivity index (χ1) is 9.93. The number of rotatable bonds is 7. The van der Waals surface area contributed by atoms with E-state index in [9.17, 15) is 14.7 Å². The molecule has 0 heterocycles. The van der Waals surface area contributed by atoms with Crippen molar-refractivity contribution in [3.8, 4) is 5.75 Å². The molecule has 21 heavy (non-hydrogen) atoms. The highest BCUT2D eigenvalue weighted by Crippen LogP contribution is 2.13. The van der Waals surface area contributed by atoms with Crippen LogP contribution in [0.5, 0.6) is 5.75 Å². The van der Waals surface area contributed by atoms with Gasteiger partial charge in [0.2, 0.25) is 11.8 Å². The van der Waals surface area contributed by atoms with E-state index in [0.29, 0.717) is 13.0 Å². The third-order valence-corrected chi connectivity index (χ3v) is 3.64. The molecule has 6 heteroatoms. The topological polar surface area (TPSA) is 69.6 Å². The number of phenolic OH excluding ortho intramolecular Hbond substituents is 1. The van der Waals surface area contributed by atoms with E-state index in [4.69, 9.17) is 0 Å². The number of hydrogen-bond acceptors (Lipinski definition) is 4. The van der Waals surface area contributed by atoms with Crippen LogP contribution in [0.15, 0.2) is 24.3 Å². The van der Waals surface area contributed by atoms with Crippen LogP contribution in [0.2, 0.25) is 0 Å². The van der Waals surface area contributed by atoms with Crippen molar-refractivity contribution in [1.29, 1.82) is 0 Å². The minimum Gasteiger partial charge on any atom is -0.508 e. The Bertz CT molecular complexity index is 494. The molecule has 0 spiro atoms. The van der Waals surface area contributed by atoms with Crippen molar-refractivity contribution in [3.63, 3.8) is 0 Å². The third-order valence-electron chi connectivity index (χ3n) is 2.99. The molecule has 1 aromatic rings. The molecule has 1 atom stereocenters. The molecule has 0 saturated heterocycles.